The minimum Gasteiger partial charge on any atom is -0.496 e. The molecule has 0 unspecified atom stereocenters. The lowest BCUT2D eigenvalue weighted by Gasteiger charge is -2.09. The summed E-state index contributed by atoms with van der Waals surface area (Å²) in [7, 11) is 1.47. The number of methoxy groups -OCH3 is 1. The number of nitrogens with one attached hydrogen (secondary N) is 2. The second kappa shape index (κ2) is 8.67. The van der Waals surface area contributed by atoms with E-state index < -0.39 is 5.91 Å². The number of hydrogen-bond donors (Lipinski definition) is 2. The summed E-state index contributed by atoms with van der Waals surface area (Å²) in [6.45, 7) is 0.137. The van der Waals surface area contributed by atoms with Crippen LogP contribution in [-0.2, 0) is 11.2 Å². The minimum atomic E-state index is -0.392. The van der Waals surface area contributed by atoms with Gasteiger partial charge >= 0.3 is 0 Å². The maximum atomic E-state index is 13.4. The maximum absolute atomic E-state index is 13.4. The predicted molar refractivity (Wildman–Crippen MR) is 88.4 cm³/mol. The van der Waals surface area contributed by atoms with Crippen LogP contribution in [0.5, 0.6) is 5.75 Å². The van der Waals surface area contributed by atoms with Crippen molar-refractivity contribution in [3.8, 4) is 5.75 Å². The smallest absolute Gasteiger partial charge is 0.255 e. The normalized spacial score (nSPS) is 10.1. The summed E-state index contributed by atoms with van der Waals surface area (Å²) in [5, 5.41) is 5.17. The van der Waals surface area contributed by atoms with Crippen molar-refractivity contribution in [1.29, 1.82) is 0 Å². The number of para-hydroxylation sites is 1. The molecular formula is C18H19FN2O3. The average molecular weight is 330 g/mol. The molecule has 2 rings (SSSR count). The SMILES string of the molecule is COc1ccccc1C(=O)NCC(=O)NCCc1ccccc1F. The third-order valence-electron chi connectivity index (χ3n) is 3.44. The fourth-order valence-electron chi connectivity index (χ4n) is 2.19. The minimum absolute atomic E-state index is 0.159. The molecule has 2 amide bonds. The first-order valence-electron chi connectivity index (χ1n) is 7.53. The number of ether oxygens (including phenoxy) is 1. The Morgan fingerprint density at radius 2 is 1.75 bits per heavy atom. The Balaban J connectivity index is 1.77. The molecule has 6 heteroatoms. The van der Waals surface area contributed by atoms with Crippen molar-refractivity contribution in [3.05, 3.63) is 65.5 Å². The molecule has 0 saturated carbocycles. The fourth-order valence-corrected chi connectivity index (χ4v) is 2.19. The molecule has 0 saturated heterocycles. The molecule has 0 bridgehead atoms. The first-order valence-corrected chi connectivity index (χ1v) is 7.53. The second-order valence-corrected chi connectivity index (χ2v) is 5.07. The Kier molecular flexibility index (Phi) is 6.31. The summed E-state index contributed by atoms with van der Waals surface area (Å²) in [5.41, 5.74) is 0.898. The first-order chi connectivity index (χ1) is 11.6. The Morgan fingerprint density at radius 1 is 1.04 bits per heavy atom. The van der Waals surface area contributed by atoms with Crippen LogP contribution in [0.4, 0.5) is 4.39 Å². The number of carbonyl (C=O) groups excluding carboxylic acids is 2. The van der Waals surface area contributed by atoms with Crippen LogP contribution in [0.15, 0.2) is 48.5 Å². The summed E-state index contributed by atoms with van der Waals surface area (Å²) in [5.74, 6) is -0.586. The molecule has 5 nitrogen and oxygen atoms in total. The molecule has 0 fully saturated rings. The van der Waals surface area contributed by atoms with Gasteiger partial charge in [-0.3, -0.25) is 9.59 Å². The van der Waals surface area contributed by atoms with Gasteiger partial charge < -0.3 is 15.4 Å². The third kappa shape index (κ3) is 4.81. The number of rotatable bonds is 7. The van der Waals surface area contributed by atoms with E-state index in [4.69, 9.17) is 4.74 Å². The van der Waals surface area contributed by atoms with E-state index in [1.165, 1.54) is 13.2 Å². The zero-order valence-electron chi connectivity index (χ0n) is 13.3. The van der Waals surface area contributed by atoms with Crippen molar-refractivity contribution >= 4 is 11.8 Å². The predicted octanol–water partition coefficient (Wildman–Crippen LogP) is 1.92. The van der Waals surface area contributed by atoms with Crippen LogP contribution in [0.3, 0.4) is 0 Å². The summed E-state index contributed by atoms with van der Waals surface area (Å²) < 4.78 is 18.5. The molecule has 0 heterocycles. The standard InChI is InChI=1S/C18H19FN2O3/c1-24-16-9-5-3-7-14(16)18(23)21-12-17(22)20-11-10-13-6-2-4-8-15(13)19/h2-9H,10-12H2,1H3,(H,20,22)(H,21,23). The highest BCUT2D eigenvalue weighted by atomic mass is 19.1. The van der Waals surface area contributed by atoms with Gasteiger partial charge in [0.1, 0.15) is 11.6 Å². The number of amides is 2. The monoisotopic (exact) mass is 330 g/mol. The molecule has 0 aliphatic carbocycles. The van der Waals surface area contributed by atoms with Crippen molar-refractivity contribution in [2.75, 3.05) is 20.2 Å². The van der Waals surface area contributed by atoms with Crippen LogP contribution in [0.2, 0.25) is 0 Å². The van der Waals surface area contributed by atoms with Crippen LogP contribution < -0.4 is 15.4 Å². The van der Waals surface area contributed by atoms with Gasteiger partial charge in [0.05, 0.1) is 19.2 Å². The van der Waals surface area contributed by atoms with E-state index >= 15 is 0 Å². The lowest BCUT2D eigenvalue weighted by molar-refractivity contribution is -0.120. The number of carbonyl (C=O) groups is 2. The van der Waals surface area contributed by atoms with E-state index in [0.29, 0.717) is 29.8 Å². The molecule has 2 aromatic carbocycles. The Labute approximate surface area is 139 Å². The van der Waals surface area contributed by atoms with Gasteiger partial charge in [0.15, 0.2) is 0 Å². The summed E-state index contributed by atoms with van der Waals surface area (Å²) in [6, 6.07) is 13.2. The molecule has 0 aromatic heterocycles. The fraction of sp³-hybridized carbons (Fsp3) is 0.222. The Morgan fingerprint density at radius 3 is 2.50 bits per heavy atom. The largest absolute Gasteiger partial charge is 0.496 e. The Bertz CT molecular complexity index is 719. The van der Waals surface area contributed by atoms with Crippen molar-refractivity contribution in [3.63, 3.8) is 0 Å². The van der Waals surface area contributed by atoms with Crippen LogP contribution in [0, 0.1) is 5.82 Å². The van der Waals surface area contributed by atoms with Crippen LogP contribution in [0.25, 0.3) is 0 Å². The van der Waals surface area contributed by atoms with Crippen LogP contribution >= 0.6 is 0 Å². The highest BCUT2D eigenvalue weighted by Gasteiger charge is 2.12. The summed E-state index contributed by atoms with van der Waals surface area (Å²) in [6.07, 6.45) is 0.388. The highest BCUT2D eigenvalue weighted by Crippen LogP contribution is 2.16. The van der Waals surface area contributed by atoms with Gasteiger partial charge in [-0.25, -0.2) is 4.39 Å². The van der Waals surface area contributed by atoms with Gasteiger partial charge in [0.25, 0.3) is 5.91 Å². The zero-order valence-corrected chi connectivity index (χ0v) is 13.3. The molecule has 0 radical (unpaired) electrons. The molecule has 0 spiro atoms. The molecule has 0 aliphatic rings. The van der Waals surface area contributed by atoms with E-state index in [1.807, 2.05) is 0 Å². The summed E-state index contributed by atoms with van der Waals surface area (Å²) in [4.78, 5) is 23.8. The van der Waals surface area contributed by atoms with E-state index in [9.17, 15) is 14.0 Å². The van der Waals surface area contributed by atoms with E-state index in [1.54, 1.807) is 42.5 Å². The lowest BCUT2D eigenvalue weighted by Crippen LogP contribution is -2.37. The van der Waals surface area contributed by atoms with Crippen molar-refractivity contribution < 1.29 is 18.7 Å². The van der Waals surface area contributed by atoms with Crippen molar-refractivity contribution in [2.45, 2.75) is 6.42 Å². The first kappa shape index (κ1) is 17.5. The van der Waals surface area contributed by atoms with Gasteiger partial charge in [-0.05, 0) is 30.2 Å². The molecule has 2 N–H and O–H groups in total. The zero-order chi connectivity index (χ0) is 17.4. The van der Waals surface area contributed by atoms with Gasteiger partial charge in [-0.1, -0.05) is 30.3 Å². The van der Waals surface area contributed by atoms with Gasteiger partial charge in [0.2, 0.25) is 5.91 Å². The third-order valence-corrected chi connectivity index (χ3v) is 3.44. The Hall–Kier alpha value is -2.89. The van der Waals surface area contributed by atoms with E-state index in [0.717, 1.165) is 0 Å². The van der Waals surface area contributed by atoms with Crippen LogP contribution in [0.1, 0.15) is 15.9 Å². The second-order valence-electron chi connectivity index (χ2n) is 5.07. The lowest BCUT2D eigenvalue weighted by atomic mass is 10.1. The molecule has 24 heavy (non-hydrogen) atoms. The molecule has 2 aromatic rings. The molecule has 0 atom stereocenters. The molecule has 0 aliphatic heterocycles. The summed E-state index contributed by atoms with van der Waals surface area (Å²) >= 11 is 0. The van der Waals surface area contributed by atoms with E-state index in [2.05, 4.69) is 10.6 Å². The maximum Gasteiger partial charge on any atom is 0.255 e. The molecule has 126 valence electrons. The number of benzene rings is 2. The van der Waals surface area contributed by atoms with Gasteiger partial charge in [-0.15, -0.1) is 0 Å². The molecular weight excluding hydrogens is 311 g/mol. The van der Waals surface area contributed by atoms with Gasteiger partial charge in [-0.2, -0.15) is 0 Å². The highest BCUT2D eigenvalue weighted by molar-refractivity contribution is 5.98. The van der Waals surface area contributed by atoms with Crippen molar-refractivity contribution in [2.24, 2.45) is 0 Å². The van der Waals surface area contributed by atoms with Gasteiger partial charge in [0, 0.05) is 6.54 Å². The van der Waals surface area contributed by atoms with Crippen LogP contribution in [-0.4, -0.2) is 32.0 Å². The quantitative estimate of drug-likeness (QED) is 0.815. The number of halogens is 1. The number of hydrogen-bond acceptors (Lipinski definition) is 3. The average Bonchev–Trinajstić information content (AvgIpc) is 2.61. The van der Waals surface area contributed by atoms with Crippen molar-refractivity contribution in [1.82, 2.24) is 10.6 Å². The topological polar surface area (TPSA) is 67.4 Å². The van der Waals surface area contributed by atoms with E-state index in [-0.39, 0.29) is 18.3 Å².